The third-order valence-electron chi connectivity index (χ3n) is 3.49. The highest BCUT2D eigenvalue weighted by molar-refractivity contribution is 5.85. The number of ether oxygens (including phenoxy) is 1. The first-order valence-electron chi connectivity index (χ1n) is 7.42. The first-order chi connectivity index (χ1) is 10.1. The maximum absolute atomic E-state index is 11.8. The summed E-state index contributed by atoms with van der Waals surface area (Å²) in [5, 5.41) is 5.35. The fraction of sp³-hybridized carbons (Fsp3) is 0.667. The van der Waals surface area contributed by atoms with Gasteiger partial charge in [-0.15, -0.1) is 0 Å². The molecular weight excluding hydrogens is 272 g/mol. The van der Waals surface area contributed by atoms with Crippen molar-refractivity contribution in [1.29, 1.82) is 0 Å². The van der Waals surface area contributed by atoms with E-state index >= 15 is 0 Å². The highest BCUT2D eigenvalue weighted by atomic mass is 16.5. The summed E-state index contributed by atoms with van der Waals surface area (Å²) in [7, 11) is 1.31. The average Bonchev–Trinajstić information content (AvgIpc) is 2.52. The molecule has 21 heavy (non-hydrogen) atoms. The number of carbonyl (C=O) groups is 3. The molecule has 0 radical (unpaired) electrons. The summed E-state index contributed by atoms with van der Waals surface area (Å²) < 4.78 is 4.44. The zero-order valence-corrected chi connectivity index (χ0v) is 12.5. The van der Waals surface area contributed by atoms with Crippen LogP contribution >= 0.6 is 0 Å². The number of rotatable bonds is 7. The van der Waals surface area contributed by atoms with Gasteiger partial charge in [0.25, 0.3) is 0 Å². The summed E-state index contributed by atoms with van der Waals surface area (Å²) >= 11 is 0. The lowest BCUT2D eigenvalue weighted by Crippen LogP contribution is -2.40. The summed E-state index contributed by atoms with van der Waals surface area (Å²) in [4.78, 5) is 34.2. The van der Waals surface area contributed by atoms with Crippen molar-refractivity contribution in [2.24, 2.45) is 5.92 Å². The Balaban J connectivity index is 2.09. The normalized spacial score (nSPS) is 15.7. The van der Waals surface area contributed by atoms with Crippen molar-refractivity contribution in [3.8, 4) is 0 Å². The molecule has 2 amide bonds. The lowest BCUT2D eigenvalue weighted by Gasteiger charge is -2.20. The van der Waals surface area contributed by atoms with Gasteiger partial charge in [-0.05, 0) is 19.3 Å². The molecule has 1 saturated carbocycles. The van der Waals surface area contributed by atoms with E-state index in [9.17, 15) is 14.4 Å². The molecule has 118 valence electrons. The number of nitrogens with one attached hydrogen (secondary N) is 2. The molecule has 6 nitrogen and oxygen atoms in total. The van der Waals surface area contributed by atoms with Gasteiger partial charge in [-0.3, -0.25) is 9.59 Å². The van der Waals surface area contributed by atoms with Gasteiger partial charge in [0.15, 0.2) is 0 Å². The van der Waals surface area contributed by atoms with Crippen LogP contribution in [-0.4, -0.2) is 38.0 Å². The van der Waals surface area contributed by atoms with E-state index in [2.05, 4.69) is 15.4 Å². The Bertz CT molecular complexity index is 387. The van der Waals surface area contributed by atoms with Gasteiger partial charge in [0, 0.05) is 18.5 Å². The molecule has 0 aromatic heterocycles. The van der Waals surface area contributed by atoms with Crippen LogP contribution in [0.3, 0.4) is 0 Å². The molecule has 2 N–H and O–H groups in total. The first-order valence-corrected chi connectivity index (χ1v) is 7.42. The van der Waals surface area contributed by atoms with Crippen LogP contribution in [0.4, 0.5) is 0 Å². The van der Waals surface area contributed by atoms with Crippen LogP contribution in [0.2, 0.25) is 0 Å². The van der Waals surface area contributed by atoms with Gasteiger partial charge < -0.3 is 15.4 Å². The van der Waals surface area contributed by atoms with Gasteiger partial charge >= 0.3 is 5.97 Å². The second-order valence-corrected chi connectivity index (χ2v) is 5.12. The van der Waals surface area contributed by atoms with Crippen LogP contribution in [0.25, 0.3) is 0 Å². The van der Waals surface area contributed by atoms with Crippen LogP contribution in [0.5, 0.6) is 0 Å². The predicted molar refractivity (Wildman–Crippen MR) is 78.4 cm³/mol. The van der Waals surface area contributed by atoms with Crippen molar-refractivity contribution in [3.05, 3.63) is 12.2 Å². The molecule has 1 aliphatic carbocycles. The number of methoxy groups -OCH3 is 1. The van der Waals surface area contributed by atoms with Crippen LogP contribution < -0.4 is 10.6 Å². The molecule has 0 aromatic carbocycles. The smallest absolute Gasteiger partial charge is 0.330 e. The summed E-state index contributed by atoms with van der Waals surface area (Å²) in [6.07, 6.45) is 8.72. The fourth-order valence-corrected chi connectivity index (χ4v) is 2.28. The molecule has 0 aliphatic heterocycles. The SMILES string of the molecule is COC(=O)/C=C/CCNC(=O)CNC(=O)C1CCCCC1. The Labute approximate surface area is 125 Å². The molecule has 0 heterocycles. The van der Waals surface area contributed by atoms with Gasteiger partial charge in [-0.1, -0.05) is 25.3 Å². The molecule has 1 fully saturated rings. The van der Waals surface area contributed by atoms with Gasteiger partial charge in [-0.2, -0.15) is 0 Å². The third-order valence-corrected chi connectivity index (χ3v) is 3.49. The van der Waals surface area contributed by atoms with Crippen molar-refractivity contribution in [2.75, 3.05) is 20.2 Å². The van der Waals surface area contributed by atoms with E-state index < -0.39 is 5.97 Å². The number of esters is 1. The zero-order valence-electron chi connectivity index (χ0n) is 12.5. The summed E-state index contributed by atoms with van der Waals surface area (Å²) in [5.74, 6) is -0.586. The van der Waals surface area contributed by atoms with Gasteiger partial charge in [0.2, 0.25) is 11.8 Å². The molecular formula is C15H24N2O4. The van der Waals surface area contributed by atoms with Gasteiger partial charge in [-0.25, -0.2) is 4.79 Å². The summed E-state index contributed by atoms with van der Waals surface area (Å²) in [6.45, 7) is 0.432. The first kappa shape index (κ1) is 17.2. The molecule has 1 aliphatic rings. The zero-order chi connectivity index (χ0) is 15.5. The molecule has 1 rings (SSSR count). The molecule has 0 atom stereocenters. The molecule has 6 heteroatoms. The number of amides is 2. The molecule has 0 unspecified atom stereocenters. The quantitative estimate of drug-likeness (QED) is 0.415. The van der Waals surface area contributed by atoms with Gasteiger partial charge in [0.05, 0.1) is 13.7 Å². The second-order valence-electron chi connectivity index (χ2n) is 5.12. The second kappa shape index (κ2) is 9.96. The highest BCUT2D eigenvalue weighted by Gasteiger charge is 2.20. The van der Waals surface area contributed by atoms with E-state index in [0.717, 1.165) is 25.7 Å². The van der Waals surface area contributed by atoms with E-state index in [-0.39, 0.29) is 24.3 Å². The minimum atomic E-state index is -0.416. The highest BCUT2D eigenvalue weighted by Crippen LogP contribution is 2.23. The standard InChI is InChI=1S/C15H24N2O4/c1-21-14(19)9-5-6-10-16-13(18)11-17-15(20)12-7-3-2-4-8-12/h5,9,12H,2-4,6-8,10-11H2,1H3,(H,16,18)(H,17,20)/b9-5+. The van der Waals surface area contributed by atoms with Crippen LogP contribution in [0.15, 0.2) is 12.2 Å². The lowest BCUT2D eigenvalue weighted by molar-refractivity contribution is -0.134. The fourth-order valence-electron chi connectivity index (χ4n) is 2.28. The maximum atomic E-state index is 11.8. The summed E-state index contributed by atoms with van der Waals surface area (Å²) in [5.41, 5.74) is 0. The Kier molecular flexibility index (Phi) is 8.16. The van der Waals surface area contributed by atoms with E-state index in [0.29, 0.717) is 13.0 Å². The lowest BCUT2D eigenvalue weighted by atomic mass is 9.89. The van der Waals surface area contributed by atoms with Crippen LogP contribution in [0.1, 0.15) is 38.5 Å². The Hall–Kier alpha value is -1.85. The molecule has 0 aromatic rings. The van der Waals surface area contributed by atoms with Gasteiger partial charge in [0.1, 0.15) is 0 Å². The minimum Gasteiger partial charge on any atom is -0.466 e. The molecule has 0 saturated heterocycles. The molecule has 0 spiro atoms. The average molecular weight is 296 g/mol. The van der Waals surface area contributed by atoms with E-state index in [1.807, 2.05) is 0 Å². The van der Waals surface area contributed by atoms with Crippen molar-refractivity contribution in [3.63, 3.8) is 0 Å². The summed E-state index contributed by atoms with van der Waals surface area (Å²) in [6, 6.07) is 0. The topological polar surface area (TPSA) is 84.5 Å². The van der Waals surface area contributed by atoms with Crippen molar-refractivity contribution in [2.45, 2.75) is 38.5 Å². The van der Waals surface area contributed by atoms with Crippen LogP contribution in [-0.2, 0) is 19.1 Å². The molecule has 0 bridgehead atoms. The van der Waals surface area contributed by atoms with Crippen LogP contribution in [0, 0.1) is 5.92 Å². The van der Waals surface area contributed by atoms with Crippen molar-refractivity contribution >= 4 is 17.8 Å². The minimum absolute atomic E-state index is 0.00997. The number of carbonyl (C=O) groups excluding carboxylic acids is 3. The predicted octanol–water partition coefficient (Wildman–Crippen LogP) is 0.918. The Morgan fingerprint density at radius 1 is 1.14 bits per heavy atom. The van der Waals surface area contributed by atoms with E-state index in [4.69, 9.17) is 0 Å². The largest absolute Gasteiger partial charge is 0.466 e. The monoisotopic (exact) mass is 296 g/mol. The van der Waals surface area contributed by atoms with Crippen molar-refractivity contribution < 1.29 is 19.1 Å². The number of hydrogen-bond acceptors (Lipinski definition) is 4. The van der Waals surface area contributed by atoms with E-state index in [1.165, 1.54) is 19.6 Å². The number of hydrogen-bond donors (Lipinski definition) is 2. The van der Waals surface area contributed by atoms with E-state index in [1.54, 1.807) is 6.08 Å². The third kappa shape index (κ3) is 7.48. The maximum Gasteiger partial charge on any atom is 0.330 e. The Morgan fingerprint density at radius 3 is 2.52 bits per heavy atom. The van der Waals surface area contributed by atoms with Crippen molar-refractivity contribution in [1.82, 2.24) is 10.6 Å². The Morgan fingerprint density at radius 2 is 1.86 bits per heavy atom.